The molecule has 3 aromatic rings. The summed E-state index contributed by atoms with van der Waals surface area (Å²) in [6.07, 6.45) is 0.782. The smallest absolute Gasteiger partial charge is 0.153 e. The topological polar surface area (TPSA) is 51.3 Å². The Morgan fingerprint density at radius 1 is 1.05 bits per heavy atom. The van der Waals surface area contributed by atoms with Crippen LogP contribution in [0.1, 0.15) is 10.4 Å². The fourth-order valence-electron chi connectivity index (χ4n) is 2.53. The van der Waals surface area contributed by atoms with E-state index >= 15 is 0 Å². The molecule has 0 aliphatic rings. The van der Waals surface area contributed by atoms with Crippen LogP contribution in [0.2, 0.25) is 0 Å². The summed E-state index contributed by atoms with van der Waals surface area (Å²) in [6.45, 7) is 0. The van der Waals surface area contributed by atoms with E-state index in [0.29, 0.717) is 17.1 Å². The minimum Gasteiger partial charge on any atom is -0.496 e. The fraction of sp³-hybridized carbons (Fsp3) is 0.118. The molecule has 0 unspecified atom stereocenters. The lowest BCUT2D eigenvalue weighted by Crippen LogP contribution is -1.97. The van der Waals surface area contributed by atoms with Crippen LogP contribution in [0.15, 0.2) is 42.5 Å². The first-order valence-electron chi connectivity index (χ1n) is 6.56. The van der Waals surface area contributed by atoms with Crippen molar-refractivity contribution in [3.63, 3.8) is 0 Å². The minimum atomic E-state index is 0.493. The van der Waals surface area contributed by atoms with Crippen molar-refractivity contribution in [2.75, 3.05) is 14.2 Å². The lowest BCUT2D eigenvalue weighted by molar-refractivity contribution is 0.112. The van der Waals surface area contributed by atoms with Crippen LogP contribution >= 0.6 is 0 Å². The highest BCUT2D eigenvalue weighted by atomic mass is 16.5. The van der Waals surface area contributed by atoms with Crippen LogP contribution < -0.4 is 9.47 Å². The summed E-state index contributed by atoms with van der Waals surface area (Å²) in [5.41, 5.74) is 3.12. The van der Waals surface area contributed by atoms with Crippen molar-refractivity contribution in [1.82, 2.24) is 4.98 Å². The Labute approximate surface area is 122 Å². The van der Waals surface area contributed by atoms with Gasteiger partial charge in [0.15, 0.2) is 6.29 Å². The number of H-pyrrole nitrogens is 1. The molecule has 0 bridgehead atoms. The first kappa shape index (κ1) is 13.2. The average molecular weight is 281 g/mol. The molecule has 0 aliphatic heterocycles. The first-order valence-corrected chi connectivity index (χ1v) is 6.56. The van der Waals surface area contributed by atoms with Crippen LogP contribution in [0.3, 0.4) is 0 Å². The van der Waals surface area contributed by atoms with E-state index in [-0.39, 0.29) is 0 Å². The lowest BCUT2D eigenvalue weighted by Gasteiger charge is -2.13. The van der Waals surface area contributed by atoms with E-state index < -0.39 is 0 Å². The van der Waals surface area contributed by atoms with Gasteiger partial charge in [-0.2, -0.15) is 0 Å². The van der Waals surface area contributed by atoms with Crippen LogP contribution in [0.4, 0.5) is 0 Å². The number of aromatic amines is 1. The van der Waals surface area contributed by atoms with Gasteiger partial charge in [-0.3, -0.25) is 4.79 Å². The predicted octanol–water partition coefficient (Wildman–Crippen LogP) is 3.66. The van der Waals surface area contributed by atoms with E-state index in [1.54, 1.807) is 26.4 Å². The van der Waals surface area contributed by atoms with Gasteiger partial charge in [0.25, 0.3) is 0 Å². The maximum absolute atomic E-state index is 11.2. The molecule has 1 heterocycles. The van der Waals surface area contributed by atoms with Gasteiger partial charge in [-0.25, -0.2) is 0 Å². The lowest BCUT2D eigenvalue weighted by atomic mass is 10.0. The Morgan fingerprint density at radius 3 is 2.52 bits per heavy atom. The maximum atomic E-state index is 11.2. The number of para-hydroxylation sites is 1. The predicted molar refractivity (Wildman–Crippen MR) is 82.2 cm³/mol. The molecule has 4 nitrogen and oxygen atoms in total. The zero-order chi connectivity index (χ0) is 14.8. The number of hydrogen-bond acceptors (Lipinski definition) is 3. The molecule has 0 saturated carbocycles. The number of rotatable bonds is 4. The molecule has 0 atom stereocenters. The Bertz CT molecular complexity index is 772. The van der Waals surface area contributed by atoms with Gasteiger partial charge in [0.2, 0.25) is 0 Å². The molecular weight excluding hydrogens is 266 g/mol. The van der Waals surface area contributed by atoms with Crippen LogP contribution in [0, 0.1) is 0 Å². The molecule has 0 fully saturated rings. The summed E-state index contributed by atoms with van der Waals surface area (Å²) < 4.78 is 10.9. The van der Waals surface area contributed by atoms with E-state index in [0.717, 1.165) is 28.4 Å². The average Bonchev–Trinajstić information content (AvgIpc) is 2.96. The van der Waals surface area contributed by atoms with E-state index in [1.165, 1.54) is 0 Å². The molecule has 0 aliphatic carbocycles. The summed E-state index contributed by atoms with van der Waals surface area (Å²) in [7, 11) is 3.15. The number of nitrogens with one attached hydrogen (secondary N) is 1. The molecule has 0 spiro atoms. The molecule has 1 N–H and O–H groups in total. The number of methoxy groups -OCH3 is 2. The molecule has 106 valence electrons. The third-order valence-electron chi connectivity index (χ3n) is 3.50. The third kappa shape index (κ3) is 2.14. The van der Waals surface area contributed by atoms with Crippen molar-refractivity contribution in [2.24, 2.45) is 0 Å². The van der Waals surface area contributed by atoms with Gasteiger partial charge in [-0.1, -0.05) is 18.2 Å². The first-order chi connectivity index (χ1) is 10.3. The molecule has 2 aromatic carbocycles. The van der Waals surface area contributed by atoms with Crippen LogP contribution in [-0.4, -0.2) is 25.5 Å². The highest BCUT2D eigenvalue weighted by Gasteiger charge is 2.18. The molecule has 3 rings (SSSR count). The molecule has 4 heteroatoms. The van der Waals surface area contributed by atoms with Gasteiger partial charge in [0, 0.05) is 10.9 Å². The minimum absolute atomic E-state index is 0.493. The summed E-state index contributed by atoms with van der Waals surface area (Å²) >= 11 is 0. The summed E-state index contributed by atoms with van der Waals surface area (Å²) in [5.74, 6) is 1.17. The monoisotopic (exact) mass is 281 g/mol. The van der Waals surface area contributed by atoms with Crippen molar-refractivity contribution in [1.29, 1.82) is 0 Å². The van der Waals surface area contributed by atoms with Gasteiger partial charge in [0.1, 0.15) is 11.5 Å². The van der Waals surface area contributed by atoms with Crippen molar-refractivity contribution in [3.05, 3.63) is 48.0 Å². The van der Waals surface area contributed by atoms with Crippen molar-refractivity contribution >= 4 is 17.2 Å². The summed E-state index contributed by atoms with van der Waals surface area (Å²) in [4.78, 5) is 14.5. The molecule has 1 aromatic heterocycles. The highest BCUT2D eigenvalue weighted by molar-refractivity contribution is 5.92. The van der Waals surface area contributed by atoms with E-state index in [2.05, 4.69) is 4.98 Å². The Kier molecular flexibility index (Phi) is 3.36. The number of hydrogen-bond donors (Lipinski definition) is 1. The van der Waals surface area contributed by atoms with Crippen LogP contribution in [0.25, 0.3) is 22.2 Å². The number of benzene rings is 2. The Hall–Kier alpha value is -2.75. The van der Waals surface area contributed by atoms with Crippen molar-refractivity contribution in [3.8, 4) is 22.8 Å². The quantitative estimate of drug-likeness (QED) is 0.742. The molecular formula is C17H15NO3. The number of carbonyl (C=O) groups is 1. The summed E-state index contributed by atoms with van der Waals surface area (Å²) in [5, 5.41) is 1.09. The number of fused-ring (bicyclic) bond motifs is 1. The second-order valence-electron chi connectivity index (χ2n) is 4.65. The van der Waals surface area contributed by atoms with E-state index in [1.807, 2.05) is 30.3 Å². The summed E-state index contributed by atoms with van der Waals surface area (Å²) in [6, 6.07) is 13.5. The SMILES string of the molecule is COc1ccc(C=O)c(OC)c1-c1cc2ccccc2[nH]1. The molecule has 0 saturated heterocycles. The highest BCUT2D eigenvalue weighted by Crippen LogP contribution is 2.40. The molecule has 0 radical (unpaired) electrons. The fourth-order valence-corrected chi connectivity index (χ4v) is 2.53. The zero-order valence-corrected chi connectivity index (χ0v) is 11.8. The number of aldehydes is 1. The normalized spacial score (nSPS) is 10.6. The zero-order valence-electron chi connectivity index (χ0n) is 11.8. The number of aromatic nitrogens is 1. The molecule has 0 amide bonds. The van der Waals surface area contributed by atoms with Crippen molar-refractivity contribution in [2.45, 2.75) is 0 Å². The van der Waals surface area contributed by atoms with Crippen LogP contribution in [-0.2, 0) is 0 Å². The van der Waals surface area contributed by atoms with Gasteiger partial charge >= 0.3 is 0 Å². The van der Waals surface area contributed by atoms with Gasteiger partial charge in [-0.05, 0) is 24.3 Å². The third-order valence-corrected chi connectivity index (χ3v) is 3.50. The van der Waals surface area contributed by atoms with Gasteiger partial charge in [-0.15, -0.1) is 0 Å². The second kappa shape index (κ2) is 5.32. The van der Waals surface area contributed by atoms with E-state index in [4.69, 9.17) is 9.47 Å². The van der Waals surface area contributed by atoms with Gasteiger partial charge in [0.05, 0.1) is 31.0 Å². The van der Waals surface area contributed by atoms with E-state index in [9.17, 15) is 4.79 Å². The number of carbonyl (C=O) groups excluding carboxylic acids is 1. The Morgan fingerprint density at radius 2 is 1.86 bits per heavy atom. The second-order valence-corrected chi connectivity index (χ2v) is 4.65. The van der Waals surface area contributed by atoms with Crippen LogP contribution in [0.5, 0.6) is 11.5 Å². The van der Waals surface area contributed by atoms with Gasteiger partial charge < -0.3 is 14.5 Å². The van der Waals surface area contributed by atoms with Crippen molar-refractivity contribution < 1.29 is 14.3 Å². The maximum Gasteiger partial charge on any atom is 0.153 e. The number of ether oxygens (including phenoxy) is 2. The molecule has 21 heavy (non-hydrogen) atoms. The Balaban J connectivity index is 2.31. The largest absolute Gasteiger partial charge is 0.496 e. The standard InChI is InChI=1S/C17H15NO3/c1-20-15-8-7-12(10-19)17(21-2)16(15)14-9-11-5-3-4-6-13(11)18-14/h3-10,18H,1-2H3.